The van der Waals surface area contributed by atoms with Crippen LogP contribution in [0.2, 0.25) is 0 Å². The summed E-state index contributed by atoms with van der Waals surface area (Å²) in [6.07, 6.45) is 1.78. The van der Waals surface area contributed by atoms with Crippen molar-refractivity contribution in [1.82, 2.24) is 9.78 Å². The van der Waals surface area contributed by atoms with E-state index in [2.05, 4.69) is 10.4 Å². The van der Waals surface area contributed by atoms with E-state index in [0.29, 0.717) is 0 Å². The van der Waals surface area contributed by atoms with E-state index in [1.807, 2.05) is 0 Å². The number of halogens is 4. The largest absolute Gasteiger partial charge is 0.458 e. The van der Waals surface area contributed by atoms with Gasteiger partial charge in [0.2, 0.25) is 0 Å². The lowest BCUT2D eigenvalue weighted by molar-refractivity contribution is -0.00636. The molecule has 0 aliphatic rings. The Hall–Kier alpha value is -3.30. The first kappa shape index (κ1) is 20.4. The molecule has 0 atom stereocenters. The molecule has 0 aliphatic heterocycles. The summed E-state index contributed by atoms with van der Waals surface area (Å²) in [5.41, 5.74) is 0.124. The van der Waals surface area contributed by atoms with Crippen LogP contribution in [-0.4, -0.2) is 15.9 Å². The zero-order valence-electron chi connectivity index (χ0n) is 15.5. The molecular weight excluding hydrogens is 394 g/mol. The van der Waals surface area contributed by atoms with Crippen LogP contribution in [0.25, 0.3) is 0 Å². The normalized spacial score (nSPS) is 11.5. The molecule has 154 valence electrons. The molecule has 0 spiro atoms. The standard InChI is InChI=1S/C19H17F4N3O3/c1-11-3-5-15(20)14(17(11)21)10-28-18(27)25-12-7-24-26(8-12)9-13-4-6-16(29-13)19(2,22)23/h3-8H,9-10H2,1-2H3,(H,25,27). The first-order chi connectivity index (χ1) is 13.6. The van der Waals surface area contributed by atoms with Gasteiger partial charge < -0.3 is 9.15 Å². The van der Waals surface area contributed by atoms with Crippen molar-refractivity contribution in [3.8, 4) is 0 Å². The Labute approximate surface area is 163 Å². The number of aromatic nitrogens is 2. The summed E-state index contributed by atoms with van der Waals surface area (Å²) in [5, 5.41) is 6.33. The topological polar surface area (TPSA) is 69.3 Å². The lowest BCUT2D eigenvalue weighted by Gasteiger charge is -2.08. The summed E-state index contributed by atoms with van der Waals surface area (Å²) in [6.45, 7) is 1.67. The summed E-state index contributed by atoms with van der Waals surface area (Å²) < 4.78 is 65.2. The number of benzene rings is 1. The van der Waals surface area contributed by atoms with Gasteiger partial charge in [-0.25, -0.2) is 13.6 Å². The van der Waals surface area contributed by atoms with Gasteiger partial charge in [0, 0.05) is 13.1 Å². The molecule has 0 saturated carbocycles. The maximum absolute atomic E-state index is 13.9. The zero-order valence-corrected chi connectivity index (χ0v) is 15.5. The number of alkyl halides is 2. The highest BCUT2D eigenvalue weighted by atomic mass is 19.3. The molecule has 0 radical (unpaired) electrons. The van der Waals surface area contributed by atoms with E-state index in [4.69, 9.17) is 9.15 Å². The Morgan fingerprint density at radius 3 is 2.72 bits per heavy atom. The number of carbonyl (C=O) groups excluding carboxylic acids is 1. The van der Waals surface area contributed by atoms with E-state index in [9.17, 15) is 22.4 Å². The average Bonchev–Trinajstić information content (AvgIpc) is 3.28. The molecule has 0 bridgehead atoms. The number of rotatable bonds is 6. The first-order valence-corrected chi connectivity index (χ1v) is 8.50. The SMILES string of the molecule is Cc1ccc(F)c(COC(=O)Nc2cnn(Cc3ccc(C(C)(F)F)o3)c2)c1F. The average molecular weight is 411 g/mol. The van der Waals surface area contributed by atoms with E-state index < -0.39 is 36.0 Å². The Morgan fingerprint density at radius 2 is 2.03 bits per heavy atom. The summed E-state index contributed by atoms with van der Waals surface area (Å²) in [4.78, 5) is 11.9. The van der Waals surface area contributed by atoms with Gasteiger partial charge in [-0.05, 0) is 30.7 Å². The highest BCUT2D eigenvalue weighted by molar-refractivity contribution is 5.84. The Balaban J connectivity index is 1.57. The van der Waals surface area contributed by atoms with Crippen molar-refractivity contribution in [3.63, 3.8) is 0 Å². The number of ether oxygens (including phenoxy) is 1. The first-order valence-electron chi connectivity index (χ1n) is 8.50. The highest BCUT2D eigenvalue weighted by Crippen LogP contribution is 2.28. The Kier molecular flexibility index (Phi) is 5.62. The number of nitrogens with zero attached hydrogens (tertiary/aromatic N) is 2. The maximum Gasteiger partial charge on any atom is 0.412 e. The number of hydrogen-bond donors (Lipinski definition) is 1. The second-order valence-corrected chi connectivity index (χ2v) is 6.44. The van der Waals surface area contributed by atoms with E-state index in [0.717, 1.165) is 13.0 Å². The van der Waals surface area contributed by atoms with E-state index >= 15 is 0 Å². The summed E-state index contributed by atoms with van der Waals surface area (Å²) in [7, 11) is 0. The van der Waals surface area contributed by atoms with Gasteiger partial charge in [0.1, 0.15) is 24.0 Å². The molecule has 2 aromatic heterocycles. The van der Waals surface area contributed by atoms with E-state index in [1.165, 1.54) is 42.2 Å². The third kappa shape index (κ3) is 4.95. The molecule has 0 saturated heterocycles. The van der Waals surface area contributed by atoms with Gasteiger partial charge >= 0.3 is 12.0 Å². The minimum atomic E-state index is -3.09. The molecule has 3 aromatic rings. The number of anilines is 1. The van der Waals surface area contributed by atoms with Gasteiger partial charge in [-0.3, -0.25) is 10.00 Å². The molecule has 6 nitrogen and oxygen atoms in total. The zero-order chi connectivity index (χ0) is 21.2. The molecule has 1 amide bonds. The molecule has 29 heavy (non-hydrogen) atoms. The molecule has 0 fully saturated rings. The second kappa shape index (κ2) is 7.98. The Morgan fingerprint density at radius 1 is 1.28 bits per heavy atom. The van der Waals surface area contributed by atoms with Crippen molar-refractivity contribution in [2.75, 3.05) is 5.32 Å². The van der Waals surface area contributed by atoms with Crippen LogP contribution in [0.15, 0.2) is 41.1 Å². The van der Waals surface area contributed by atoms with Gasteiger partial charge in [0.05, 0.1) is 24.0 Å². The van der Waals surface area contributed by atoms with Crippen molar-refractivity contribution in [2.24, 2.45) is 0 Å². The monoisotopic (exact) mass is 411 g/mol. The molecule has 3 rings (SSSR count). The van der Waals surface area contributed by atoms with Crippen molar-refractivity contribution in [3.05, 3.63) is 70.9 Å². The van der Waals surface area contributed by atoms with Crippen LogP contribution in [0, 0.1) is 18.6 Å². The fraction of sp³-hybridized carbons (Fsp3) is 0.263. The minimum Gasteiger partial charge on any atom is -0.458 e. The van der Waals surface area contributed by atoms with Gasteiger partial charge in [0.15, 0.2) is 5.76 Å². The number of nitrogens with one attached hydrogen (secondary N) is 1. The third-order valence-electron chi connectivity index (χ3n) is 4.02. The quantitative estimate of drug-likeness (QED) is 0.582. The number of carbonyl (C=O) groups is 1. The van der Waals surface area contributed by atoms with Gasteiger partial charge in [-0.2, -0.15) is 13.9 Å². The molecule has 10 heteroatoms. The fourth-order valence-corrected chi connectivity index (χ4v) is 2.51. The van der Waals surface area contributed by atoms with Gasteiger partial charge in [-0.1, -0.05) is 6.07 Å². The predicted octanol–water partition coefficient (Wildman–Crippen LogP) is 4.97. The van der Waals surface area contributed by atoms with Crippen LogP contribution >= 0.6 is 0 Å². The molecule has 1 aromatic carbocycles. The van der Waals surface area contributed by atoms with Gasteiger partial charge in [0.25, 0.3) is 0 Å². The van der Waals surface area contributed by atoms with E-state index in [1.54, 1.807) is 0 Å². The fourth-order valence-electron chi connectivity index (χ4n) is 2.51. The Bertz CT molecular complexity index is 1020. The number of furan rings is 1. The minimum absolute atomic E-state index is 0.0620. The smallest absolute Gasteiger partial charge is 0.412 e. The maximum atomic E-state index is 13.9. The second-order valence-electron chi connectivity index (χ2n) is 6.44. The molecule has 0 aliphatic carbocycles. The van der Waals surface area contributed by atoms with Crippen LogP contribution < -0.4 is 5.32 Å². The van der Waals surface area contributed by atoms with Crippen molar-refractivity contribution in [1.29, 1.82) is 0 Å². The number of amides is 1. The predicted molar refractivity (Wildman–Crippen MR) is 94.5 cm³/mol. The van der Waals surface area contributed by atoms with Gasteiger partial charge in [-0.15, -0.1) is 0 Å². The van der Waals surface area contributed by atoms with Crippen LogP contribution in [0.1, 0.15) is 29.6 Å². The van der Waals surface area contributed by atoms with Crippen LogP contribution in [0.4, 0.5) is 28.0 Å². The number of aryl methyl sites for hydroxylation is 1. The lowest BCUT2D eigenvalue weighted by atomic mass is 10.1. The van der Waals surface area contributed by atoms with Crippen LogP contribution in [0.3, 0.4) is 0 Å². The molecule has 0 unspecified atom stereocenters. The third-order valence-corrected chi connectivity index (χ3v) is 4.02. The summed E-state index contributed by atoms with van der Waals surface area (Å²) in [5.74, 6) is -4.89. The van der Waals surface area contributed by atoms with Crippen molar-refractivity contribution in [2.45, 2.75) is 32.9 Å². The molecular formula is C19H17F4N3O3. The molecule has 2 heterocycles. The highest BCUT2D eigenvalue weighted by Gasteiger charge is 2.28. The summed E-state index contributed by atoms with van der Waals surface area (Å²) in [6, 6.07) is 4.96. The van der Waals surface area contributed by atoms with Crippen molar-refractivity contribution >= 4 is 11.8 Å². The molecule has 1 N–H and O–H groups in total. The van der Waals surface area contributed by atoms with Crippen molar-refractivity contribution < 1.29 is 31.5 Å². The lowest BCUT2D eigenvalue weighted by Crippen LogP contribution is -2.14. The summed E-state index contributed by atoms with van der Waals surface area (Å²) >= 11 is 0. The van der Waals surface area contributed by atoms with E-state index in [-0.39, 0.29) is 29.1 Å². The number of hydrogen-bond acceptors (Lipinski definition) is 4. The van der Waals surface area contributed by atoms with Crippen LogP contribution in [0.5, 0.6) is 0 Å². The van der Waals surface area contributed by atoms with Crippen LogP contribution in [-0.2, 0) is 23.8 Å².